The highest BCUT2D eigenvalue weighted by Crippen LogP contribution is 2.18. The second-order valence-electron chi connectivity index (χ2n) is 7.24. The van der Waals surface area contributed by atoms with E-state index in [0.29, 0.717) is 6.04 Å². The Hall–Kier alpha value is -1.95. The largest absolute Gasteiger partial charge is 0.396 e. The molecule has 2 aromatic heterocycles. The number of rotatable bonds is 7. The topological polar surface area (TPSA) is 44.5 Å². The molecule has 1 aliphatic heterocycles. The van der Waals surface area contributed by atoms with Crippen LogP contribution in [0.25, 0.3) is 5.82 Å². The maximum absolute atomic E-state index is 9.48. The summed E-state index contributed by atoms with van der Waals surface area (Å²) >= 11 is 0. The molecular weight excluding hydrogens is 324 g/mol. The van der Waals surface area contributed by atoms with Crippen molar-refractivity contribution in [3.05, 3.63) is 60.1 Å². The van der Waals surface area contributed by atoms with Gasteiger partial charge in [-0.3, -0.25) is 9.80 Å². The lowest BCUT2D eigenvalue weighted by atomic mass is 10.1. The standard InChI is InChI=1S/C21H30N4O/c1-18(2)8-12-24-14-13-23(16-19(24)9-15-26)17-20-6-5-11-25(20)21-7-3-4-10-22-21/h3-8,10-11,19,26H,9,12-17H2,1-2H3/t19-/m0/s1. The smallest absolute Gasteiger partial charge is 0.136 e. The molecule has 1 fully saturated rings. The Morgan fingerprint density at radius 1 is 1.23 bits per heavy atom. The zero-order valence-corrected chi connectivity index (χ0v) is 15.9. The Kier molecular flexibility index (Phi) is 6.61. The monoisotopic (exact) mass is 354 g/mol. The van der Waals surface area contributed by atoms with Gasteiger partial charge in [-0.1, -0.05) is 17.7 Å². The van der Waals surface area contributed by atoms with Gasteiger partial charge in [0, 0.05) is 63.5 Å². The Labute approximate surface area is 156 Å². The van der Waals surface area contributed by atoms with Crippen LogP contribution in [0.4, 0.5) is 0 Å². The van der Waals surface area contributed by atoms with E-state index in [1.54, 1.807) is 0 Å². The van der Waals surface area contributed by atoms with Gasteiger partial charge in [0.1, 0.15) is 5.82 Å². The maximum Gasteiger partial charge on any atom is 0.136 e. The van der Waals surface area contributed by atoms with E-state index in [1.807, 2.05) is 24.4 Å². The number of nitrogens with zero attached hydrogens (tertiary/aromatic N) is 4. The molecule has 5 nitrogen and oxygen atoms in total. The first-order chi connectivity index (χ1) is 12.7. The molecule has 3 rings (SSSR count). The Morgan fingerprint density at radius 2 is 2.12 bits per heavy atom. The summed E-state index contributed by atoms with van der Waals surface area (Å²) in [7, 11) is 0. The molecule has 3 heterocycles. The van der Waals surface area contributed by atoms with Crippen LogP contribution in [-0.4, -0.2) is 63.3 Å². The lowest BCUT2D eigenvalue weighted by Gasteiger charge is -2.41. The predicted octanol–water partition coefficient (Wildman–Crippen LogP) is 2.71. The number of aliphatic hydroxyl groups is 1. The van der Waals surface area contributed by atoms with Crippen molar-refractivity contribution in [2.75, 3.05) is 32.8 Å². The number of aliphatic hydroxyl groups excluding tert-OH is 1. The molecule has 0 saturated carbocycles. The van der Waals surface area contributed by atoms with Crippen LogP contribution in [0.5, 0.6) is 0 Å². The van der Waals surface area contributed by atoms with Crippen LogP contribution in [0.15, 0.2) is 54.4 Å². The summed E-state index contributed by atoms with van der Waals surface area (Å²) in [6.45, 7) is 9.49. The number of hydrogen-bond acceptors (Lipinski definition) is 4. The van der Waals surface area contributed by atoms with Crippen LogP contribution < -0.4 is 0 Å². The molecule has 0 spiro atoms. The van der Waals surface area contributed by atoms with E-state index in [4.69, 9.17) is 0 Å². The third kappa shape index (κ3) is 4.81. The van der Waals surface area contributed by atoms with Crippen LogP contribution in [0, 0.1) is 0 Å². The summed E-state index contributed by atoms with van der Waals surface area (Å²) in [5.41, 5.74) is 2.60. The third-order valence-electron chi connectivity index (χ3n) is 5.00. The van der Waals surface area contributed by atoms with E-state index in [-0.39, 0.29) is 6.61 Å². The first-order valence-electron chi connectivity index (χ1n) is 9.45. The average Bonchev–Trinajstić information content (AvgIpc) is 3.10. The second-order valence-corrected chi connectivity index (χ2v) is 7.24. The second kappa shape index (κ2) is 9.12. The van der Waals surface area contributed by atoms with Crippen molar-refractivity contribution in [1.82, 2.24) is 19.4 Å². The Bertz CT molecular complexity index is 706. The highest BCUT2D eigenvalue weighted by molar-refractivity contribution is 5.27. The minimum absolute atomic E-state index is 0.244. The molecule has 26 heavy (non-hydrogen) atoms. The number of allylic oxidation sites excluding steroid dienone is 1. The molecule has 1 atom stereocenters. The van der Waals surface area contributed by atoms with Crippen molar-refractivity contribution in [3.8, 4) is 5.82 Å². The lowest BCUT2D eigenvalue weighted by Crippen LogP contribution is -2.53. The number of hydrogen-bond donors (Lipinski definition) is 1. The van der Waals surface area contributed by atoms with Gasteiger partial charge in [-0.15, -0.1) is 0 Å². The number of pyridine rings is 1. The zero-order valence-electron chi connectivity index (χ0n) is 15.9. The fraction of sp³-hybridized carbons (Fsp3) is 0.476. The molecule has 140 valence electrons. The first-order valence-corrected chi connectivity index (χ1v) is 9.45. The lowest BCUT2D eigenvalue weighted by molar-refractivity contribution is 0.0627. The Morgan fingerprint density at radius 3 is 2.85 bits per heavy atom. The molecule has 0 radical (unpaired) electrons. The molecule has 0 amide bonds. The van der Waals surface area contributed by atoms with Gasteiger partial charge in [-0.25, -0.2) is 4.98 Å². The third-order valence-corrected chi connectivity index (χ3v) is 5.00. The van der Waals surface area contributed by atoms with Crippen molar-refractivity contribution < 1.29 is 5.11 Å². The summed E-state index contributed by atoms with van der Waals surface area (Å²) in [4.78, 5) is 9.46. The molecule has 1 aliphatic rings. The predicted molar refractivity (Wildman–Crippen MR) is 105 cm³/mol. The fourth-order valence-electron chi connectivity index (χ4n) is 3.56. The summed E-state index contributed by atoms with van der Waals surface area (Å²) < 4.78 is 2.16. The minimum atomic E-state index is 0.244. The highest BCUT2D eigenvalue weighted by Gasteiger charge is 2.26. The molecule has 1 saturated heterocycles. The quantitative estimate of drug-likeness (QED) is 0.777. The van der Waals surface area contributed by atoms with E-state index in [9.17, 15) is 5.11 Å². The van der Waals surface area contributed by atoms with Crippen molar-refractivity contribution in [1.29, 1.82) is 0 Å². The highest BCUT2D eigenvalue weighted by atomic mass is 16.3. The fourth-order valence-corrected chi connectivity index (χ4v) is 3.56. The van der Waals surface area contributed by atoms with Gasteiger partial charge in [-0.2, -0.15) is 0 Å². The molecule has 0 aromatic carbocycles. The van der Waals surface area contributed by atoms with Gasteiger partial charge in [0.05, 0.1) is 0 Å². The molecule has 5 heteroatoms. The van der Waals surface area contributed by atoms with E-state index in [2.05, 4.69) is 57.6 Å². The van der Waals surface area contributed by atoms with E-state index in [0.717, 1.165) is 45.0 Å². The molecule has 1 N–H and O–H groups in total. The van der Waals surface area contributed by atoms with Crippen molar-refractivity contribution in [2.45, 2.75) is 32.9 Å². The normalized spacial score (nSPS) is 18.8. The minimum Gasteiger partial charge on any atom is -0.396 e. The summed E-state index contributed by atoms with van der Waals surface area (Å²) in [5.74, 6) is 0.960. The zero-order chi connectivity index (χ0) is 18.4. The van der Waals surface area contributed by atoms with E-state index >= 15 is 0 Å². The van der Waals surface area contributed by atoms with Crippen LogP contribution >= 0.6 is 0 Å². The van der Waals surface area contributed by atoms with Crippen LogP contribution in [0.3, 0.4) is 0 Å². The van der Waals surface area contributed by atoms with Gasteiger partial charge in [0.2, 0.25) is 0 Å². The van der Waals surface area contributed by atoms with Gasteiger partial charge in [0.15, 0.2) is 0 Å². The van der Waals surface area contributed by atoms with Crippen LogP contribution in [0.1, 0.15) is 26.0 Å². The van der Waals surface area contributed by atoms with Crippen molar-refractivity contribution in [3.63, 3.8) is 0 Å². The van der Waals surface area contributed by atoms with E-state index in [1.165, 1.54) is 11.3 Å². The van der Waals surface area contributed by atoms with Gasteiger partial charge in [0.25, 0.3) is 0 Å². The molecule has 2 aromatic rings. The van der Waals surface area contributed by atoms with Gasteiger partial charge >= 0.3 is 0 Å². The number of piperazine rings is 1. The molecule has 0 aliphatic carbocycles. The summed E-state index contributed by atoms with van der Waals surface area (Å²) in [5, 5.41) is 9.48. The molecule has 0 bridgehead atoms. The van der Waals surface area contributed by atoms with Crippen molar-refractivity contribution >= 4 is 0 Å². The average molecular weight is 354 g/mol. The SMILES string of the molecule is CC(C)=CCN1CCN(Cc2cccn2-c2ccccn2)C[C@@H]1CCO. The molecular formula is C21H30N4O. The Balaban J connectivity index is 1.67. The summed E-state index contributed by atoms with van der Waals surface area (Å²) in [6, 6.07) is 10.7. The molecule has 0 unspecified atom stereocenters. The van der Waals surface area contributed by atoms with Gasteiger partial charge in [-0.05, 0) is 44.5 Å². The number of aromatic nitrogens is 2. The van der Waals surface area contributed by atoms with Crippen LogP contribution in [-0.2, 0) is 6.54 Å². The van der Waals surface area contributed by atoms with Gasteiger partial charge < -0.3 is 9.67 Å². The van der Waals surface area contributed by atoms with Crippen molar-refractivity contribution in [2.24, 2.45) is 0 Å². The van der Waals surface area contributed by atoms with Crippen LogP contribution in [0.2, 0.25) is 0 Å². The first kappa shape index (κ1) is 18.8. The maximum atomic E-state index is 9.48. The van der Waals surface area contributed by atoms with E-state index < -0.39 is 0 Å². The summed E-state index contributed by atoms with van der Waals surface area (Å²) in [6.07, 6.45) is 7.02.